The third kappa shape index (κ3) is 2.01. The maximum absolute atomic E-state index is 11.2. The second-order valence-corrected chi connectivity index (χ2v) is 4.08. The van der Waals surface area contributed by atoms with E-state index in [2.05, 4.69) is 15.1 Å². The maximum atomic E-state index is 11.2. The molecule has 0 spiro atoms. The maximum Gasteiger partial charge on any atom is 0.374 e. The van der Waals surface area contributed by atoms with Crippen LogP contribution in [-0.4, -0.2) is 26.2 Å². The van der Waals surface area contributed by atoms with Gasteiger partial charge in [0.1, 0.15) is 5.69 Å². The number of carboxylic acids is 1. The molecule has 7 nitrogen and oxygen atoms in total. The van der Waals surface area contributed by atoms with Gasteiger partial charge in [0.15, 0.2) is 0 Å². The molecule has 0 saturated carbocycles. The number of hydrogen-bond donors (Lipinski definition) is 3. The first kappa shape index (κ1) is 12.0. The molecular weight excluding hydrogens is 262 g/mol. The van der Waals surface area contributed by atoms with Gasteiger partial charge in [-0.05, 0) is 0 Å². The molecule has 0 aliphatic heterocycles. The predicted molar refractivity (Wildman–Crippen MR) is 69.3 cm³/mol. The lowest BCUT2D eigenvalue weighted by Crippen LogP contribution is -2.00. The van der Waals surface area contributed by atoms with Crippen molar-refractivity contribution in [2.45, 2.75) is 0 Å². The van der Waals surface area contributed by atoms with Crippen molar-refractivity contribution in [1.82, 2.24) is 15.1 Å². The number of carbonyl (C=O) groups is 1. The predicted octanol–water partition coefficient (Wildman–Crippen LogP) is 1.72. The number of aromatic nitrogens is 3. The van der Waals surface area contributed by atoms with Gasteiger partial charge in [-0.25, -0.2) is 9.59 Å². The fourth-order valence-corrected chi connectivity index (χ4v) is 1.92. The highest BCUT2D eigenvalue weighted by molar-refractivity contribution is 5.87. The lowest BCUT2D eigenvalue weighted by Gasteiger charge is -2.03. The lowest BCUT2D eigenvalue weighted by molar-refractivity contribution is 0.0652. The average Bonchev–Trinajstić information content (AvgIpc) is 3.07. The number of aromatic carboxylic acids is 1. The quantitative estimate of drug-likeness (QED) is 0.671. The number of nitrogens with one attached hydrogen (secondary N) is 2. The van der Waals surface area contributed by atoms with Gasteiger partial charge in [0, 0.05) is 23.4 Å². The molecule has 3 aromatic rings. The van der Waals surface area contributed by atoms with Crippen molar-refractivity contribution in [1.29, 1.82) is 0 Å². The molecule has 0 aliphatic rings. The van der Waals surface area contributed by atoms with E-state index in [1.165, 1.54) is 6.07 Å². The average molecular weight is 271 g/mol. The van der Waals surface area contributed by atoms with Crippen LogP contribution in [0.2, 0.25) is 0 Å². The summed E-state index contributed by atoms with van der Waals surface area (Å²) in [5, 5.41) is 12.6. The Morgan fingerprint density at radius 2 is 2.00 bits per heavy atom. The van der Waals surface area contributed by atoms with Crippen LogP contribution in [0.1, 0.15) is 10.6 Å². The summed E-state index contributed by atoms with van der Waals surface area (Å²) in [5.74, 6) is -1.42. The van der Waals surface area contributed by atoms with E-state index in [4.69, 9.17) is 9.63 Å². The molecule has 0 radical (unpaired) electrons. The molecule has 20 heavy (non-hydrogen) atoms. The summed E-state index contributed by atoms with van der Waals surface area (Å²) in [6, 6.07) is 8.50. The van der Waals surface area contributed by atoms with Gasteiger partial charge in [-0.1, -0.05) is 29.4 Å². The summed E-state index contributed by atoms with van der Waals surface area (Å²) < 4.78 is 4.75. The Hall–Kier alpha value is -3.09. The van der Waals surface area contributed by atoms with Crippen molar-refractivity contribution in [3.63, 3.8) is 0 Å². The largest absolute Gasteiger partial charge is 0.475 e. The number of hydrogen-bond acceptors (Lipinski definition) is 4. The monoisotopic (exact) mass is 271 g/mol. The van der Waals surface area contributed by atoms with Crippen molar-refractivity contribution >= 4 is 5.97 Å². The topological polar surface area (TPSA) is 112 Å². The molecular formula is C13H9N3O4. The van der Waals surface area contributed by atoms with E-state index < -0.39 is 5.97 Å². The van der Waals surface area contributed by atoms with Gasteiger partial charge in [0.2, 0.25) is 5.76 Å². The summed E-state index contributed by atoms with van der Waals surface area (Å²) >= 11 is 0. The standard InChI is InChI=1S/C13H9N3O4/c17-12(18)11-5-9(16-20-11)7-3-1-2-4-8(7)10-6-14-13(19)15-10/h1-6H,(H,17,18)(H2,14,15,19). The van der Waals surface area contributed by atoms with E-state index in [-0.39, 0.29) is 11.4 Å². The third-order valence-electron chi connectivity index (χ3n) is 2.81. The van der Waals surface area contributed by atoms with Crippen LogP contribution in [-0.2, 0) is 0 Å². The van der Waals surface area contributed by atoms with Gasteiger partial charge in [-0.15, -0.1) is 0 Å². The fourth-order valence-electron chi connectivity index (χ4n) is 1.92. The highest BCUT2D eigenvalue weighted by Crippen LogP contribution is 2.29. The van der Waals surface area contributed by atoms with Gasteiger partial charge in [0.05, 0.1) is 5.69 Å². The minimum absolute atomic E-state index is 0.239. The molecule has 3 rings (SSSR count). The van der Waals surface area contributed by atoms with Gasteiger partial charge in [0.25, 0.3) is 0 Å². The Bertz CT molecular complexity index is 828. The first-order valence-electron chi connectivity index (χ1n) is 5.72. The first-order valence-corrected chi connectivity index (χ1v) is 5.72. The van der Waals surface area contributed by atoms with E-state index in [1.54, 1.807) is 24.4 Å². The smallest absolute Gasteiger partial charge is 0.374 e. The molecule has 0 bridgehead atoms. The summed E-state index contributed by atoms with van der Waals surface area (Å²) in [6.45, 7) is 0. The van der Waals surface area contributed by atoms with E-state index in [0.717, 1.165) is 5.56 Å². The number of benzene rings is 1. The molecule has 0 aliphatic carbocycles. The Morgan fingerprint density at radius 1 is 1.25 bits per heavy atom. The van der Waals surface area contributed by atoms with Crippen LogP contribution in [0.5, 0.6) is 0 Å². The highest BCUT2D eigenvalue weighted by atomic mass is 16.5. The Morgan fingerprint density at radius 3 is 2.60 bits per heavy atom. The molecule has 0 saturated heterocycles. The van der Waals surface area contributed by atoms with E-state index in [0.29, 0.717) is 17.0 Å². The normalized spacial score (nSPS) is 10.6. The Balaban J connectivity index is 2.14. The number of carboxylic acid groups (broad SMARTS) is 1. The molecule has 2 heterocycles. The molecule has 100 valence electrons. The zero-order valence-corrected chi connectivity index (χ0v) is 10.1. The number of H-pyrrole nitrogens is 2. The van der Waals surface area contributed by atoms with Crippen LogP contribution < -0.4 is 5.69 Å². The van der Waals surface area contributed by atoms with Crippen LogP contribution in [0.25, 0.3) is 22.5 Å². The van der Waals surface area contributed by atoms with Gasteiger partial charge >= 0.3 is 11.7 Å². The van der Waals surface area contributed by atoms with Crippen LogP contribution in [0.15, 0.2) is 45.8 Å². The molecule has 2 aromatic heterocycles. The zero-order chi connectivity index (χ0) is 14.1. The summed E-state index contributed by atoms with van der Waals surface area (Å²) in [7, 11) is 0. The van der Waals surface area contributed by atoms with Gasteiger partial charge in [-0.3, -0.25) is 0 Å². The Kier molecular flexibility index (Phi) is 2.72. The second-order valence-electron chi connectivity index (χ2n) is 4.08. The number of nitrogens with zero attached hydrogens (tertiary/aromatic N) is 1. The van der Waals surface area contributed by atoms with Crippen molar-refractivity contribution in [2.75, 3.05) is 0 Å². The molecule has 0 amide bonds. The van der Waals surface area contributed by atoms with Crippen molar-refractivity contribution in [3.8, 4) is 22.5 Å². The van der Waals surface area contributed by atoms with Crippen LogP contribution in [0.4, 0.5) is 0 Å². The summed E-state index contributed by atoms with van der Waals surface area (Å²) in [4.78, 5) is 27.2. The van der Waals surface area contributed by atoms with E-state index >= 15 is 0 Å². The number of rotatable bonds is 3. The summed E-state index contributed by atoms with van der Waals surface area (Å²) in [6.07, 6.45) is 1.54. The third-order valence-corrected chi connectivity index (χ3v) is 2.81. The van der Waals surface area contributed by atoms with Crippen molar-refractivity contribution in [2.24, 2.45) is 0 Å². The first-order chi connectivity index (χ1) is 9.65. The second kappa shape index (κ2) is 4.54. The lowest BCUT2D eigenvalue weighted by atomic mass is 10.0. The Labute approximate surface area is 111 Å². The highest BCUT2D eigenvalue weighted by Gasteiger charge is 2.15. The molecule has 3 N–H and O–H groups in total. The molecule has 7 heteroatoms. The molecule has 0 atom stereocenters. The van der Waals surface area contributed by atoms with Crippen molar-refractivity contribution in [3.05, 3.63) is 52.8 Å². The minimum Gasteiger partial charge on any atom is -0.475 e. The van der Waals surface area contributed by atoms with Crippen LogP contribution >= 0.6 is 0 Å². The zero-order valence-electron chi connectivity index (χ0n) is 10.1. The SMILES string of the molecule is O=C(O)c1cc(-c2ccccc2-c2c[nH]c(=O)[nH]2)no1. The van der Waals surface area contributed by atoms with E-state index in [1.807, 2.05) is 6.07 Å². The van der Waals surface area contributed by atoms with E-state index in [9.17, 15) is 9.59 Å². The minimum atomic E-state index is -1.18. The van der Waals surface area contributed by atoms with Crippen LogP contribution in [0.3, 0.4) is 0 Å². The number of aromatic amines is 2. The van der Waals surface area contributed by atoms with Gasteiger partial charge < -0.3 is 19.6 Å². The van der Waals surface area contributed by atoms with Gasteiger partial charge in [-0.2, -0.15) is 0 Å². The fraction of sp³-hybridized carbons (Fsp3) is 0. The van der Waals surface area contributed by atoms with Crippen LogP contribution in [0, 0.1) is 0 Å². The molecule has 1 aromatic carbocycles. The summed E-state index contributed by atoms with van der Waals surface area (Å²) in [5.41, 5.74) is 2.04. The molecule has 0 fully saturated rings. The van der Waals surface area contributed by atoms with Crippen molar-refractivity contribution < 1.29 is 14.4 Å². The number of imidazole rings is 1. The molecule has 0 unspecified atom stereocenters.